The van der Waals surface area contributed by atoms with E-state index in [2.05, 4.69) is 10.1 Å². The minimum absolute atomic E-state index is 0.457. The molecule has 4 heteroatoms. The maximum atomic E-state index is 10.8. The van der Waals surface area contributed by atoms with E-state index in [1.54, 1.807) is 13.1 Å². The first kappa shape index (κ1) is 9.68. The van der Waals surface area contributed by atoms with E-state index < -0.39 is 5.91 Å². The summed E-state index contributed by atoms with van der Waals surface area (Å²) in [5.74, 6) is -0.516. The van der Waals surface area contributed by atoms with Crippen molar-refractivity contribution in [2.24, 2.45) is 10.1 Å². The summed E-state index contributed by atoms with van der Waals surface area (Å²) in [7, 11) is 0. The highest BCUT2D eigenvalue weighted by molar-refractivity contribution is 5.93. The van der Waals surface area contributed by atoms with Crippen molar-refractivity contribution in [3.05, 3.63) is 11.8 Å². The van der Waals surface area contributed by atoms with Gasteiger partial charge in [-0.05, 0) is 13.3 Å². The maximum Gasteiger partial charge on any atom is 0.292 e. The van der Waals surface area contributed by atoms with E-state index in [0.717, 1.165) is 0 Å². The highest BCUT2D eigenvalue weighted by atomic mass is 16.1. The second kappa shape index (κ2) is 5.46. The fraction of sp³-hybridized carbons (Fsp3) is 0.429. The largest absolute Gasteiger partial charge is 0.292 e. The SMILES string of the molecule is CC=N/C=C(\CC)C(=O)N=N. The van der Waals surface area contributed by atoms with Gasteiger partial charge in [0.2, 0.25) is 0 Å². The van der Waals surface area contributed by atoms with E-state index in [9.17, 15) is 4.79 Å². The van der Waals surface area contributed by atoms with Crippen LogP contribution in [0.4, 0.5) is 0 Å². The van der Waals surface area contributed by atoms with Crippen LogP contribution in [0.25, 0.3) is 0 Å². The molecule has 0 unspecified atom stereocenters. The smallest absolute Gasteiger partial charge is 0.269 e. The Morgan fingerprint density at radius 3 is 2.64 bits per heavy atom. The molecule has 0 aromatic rings. The van der Waals surface area contributed by atoms with Gasteiger partial charge in [-0.2, -0.15) is 0 Å². The van der Waals surface area contributed by atoms with E-state index in [1.807, 2.05) is 6.92 Å². The van der Waals surface area contributed by atoms with E-state index in [1.165, 1.54) is 6.20 Å². The lowest BCUT2D eigenvalue weighted by Gasteiger charge is -1.92. The number of carbonyl (C=O) groups excluding carboxylic acids is 1. The van der Waals surface area contributed by atoms with Gasteiger partial charge in [-0.25, -0.2) is 5.53 Å². The first-order valence-corrected chi connectivity index (χ1v) is 3.34. The standard InChI is InChI=1S/C7H11N3O/c1-3-6(5-9-4-2)7(11)10-8/h4-5,8H,3H2,1-2H3/b6-5+,9-4?,10-8?. The van der Waals surface area contributed by atoms with Crippen LogP contribution in [0.2, 0.25) is 0 Å². The van der Waals surface area contributed by atoms with E-state index in [4.69, 9.17) is 5.53 Å². The van der Waals surface area contributed by atoms with Crippen LogP contribution in [0.3, 0.4) is 0 Å². The number of hydrogen-bond acceptors (Lipinski definition) is 3. The minimum atomic E-state index is -0.516. The van der Waals surface area contributed by atoms with Gasteiger partial charge in [0.05, 0.1) is 0 Å². The van der Waals surface area contributed by atoms with Crippen molar-refractivity contribution in [3.63, 3.8) is 0 Å². The van der Waals surface area contributed by atoms with Gasteiger partial charge in [-0.1, -0.05) is 6.92 Å². The van der Waals surface area contributed by atoms with Gasteiger partial charge in [0.25, 0.3) is 5.91 Å². The first-order valence-electron chi connectivity index (χ1n) is 3.34. The number of aliphatic imine (C=N–C) groups is 1. The van der Waals surface area contributed by atoms with Gasteiger partial charge in [0.1, 0.15) is 0 Å². The molecule has 11 heavy (non-hydrogen) atoms. The second-order valence-corrected chi connectivity index (χ2v) is 1.83. The van der Waals surface area contributed by atoms with Crippen LogP contribution >= 0.6 is 0 Å². The van der Waals surface area contributed by atoms with Gasteiger partial charge in [0.15, 0.2) is 0 Å². The zero-order valence-electron chi connectivity index (χ0n) is 6.66. The lowest BCUT2D eigenvalue weighted by molar-refractivity contribution is -0.115. The lowest BCUT2D eigenvalue weighted by Crippen LogP contribution is -1.95. The average Bonchev–Trinajstić information content (AvgIpc) is 2.05. The van der Waals surface area contributed by atoms with Crippen molar-refractivity contribution in [1.82, 2.24) is 0 Å². The molecule has 0 aromatic carbocycles. The normalized spacial score (nSPS) is 12.0. The summed E-state index contributed by atoms with van der Waals surface area (Å²) >= 11 is 0. The fourth-order valence-electron chi connectivity index (χ4n) is 0.534. The third-order valence-electron chi connectivity index (χ3n) is 1.14. The summed E-state index contributed by atoms with van der Waals surface area (Å²) in [6.45, 7) is 3.58. The van der Waals surface area contributed by atoms with E-state index in [-0.39, 0.29) is 0 Å². The second-order valence-electron chi connectivity index (χ2n) is 1.83. The molecular formula is C7H11N3O. The summed E-state index contributed by atoms with van der Waals surface area (Å²) in [5.41, 5.74) is 6.92. The van der Waals surface area contributed by atoms with Crippen LogP contribution in [-0.4, -0.2) is 12.1 Å². The zero-order chi connectivity index (χ0) is 8.69. The molecule has 1 amide bonds. The van der Waals surface area contributed by atoms with E-state index in [0.29, 0.717) is 12.0 Å². The van der Waals surface area contributed by atoms with Crippen LogP contribution in [0.15, 0.2) is 21.9 Å². The predicted molar refractivity (Wildman–Crippen MR) is 42.7 cm³/mol. The molecule has 0 aliphatic rings. The predicted octanol–water partition coefficient (Wildman–Crippen LogP) is 1.93. The molecule has 0 spiro atoms. The van der Waals surface area contributed by atoms with Crippen molar-refractivity contribution < 1.29 is 4.79 Å². The Morgan fingerprint density at radius 2 is 2.27 bits per heavy atom. The third-order valence-corrected chi connectivity index (χ3v) is 1.14. The molecule has 0 heterocycles. The fourth-order valence-corrected chi connectivity index (χ4v) is 0.534. The Balaban J connectivity index is 4.38. The molecule has 0 atom stereocenters. The average molecular weight is 153 g/mol. The van der Waals surface area contributed by atoms with Gasteiger partial charge in [0, 0.05) is 18.0 Å². The molecule has 1 N–H and O–H groups in total. The Hall–Kier alpha value is -1.32. The summed E-state index contributed by atoms with van der Waals surface area (Å²) in [4.78, 5) is 14.5. The van der Waals surface area contributed by atoms with Crippen LogP contribution in [0.1, 0.15) is 20.3 Å². The number of hydrogen-bond donors (Lipinski definition) is 1. The number of rotatable bonds is 3. The van der Waals surface area contributed by atoms with Gasteiger partial charge < -0.3 is 0 Å². The summed E-state index contributed by atoms with van der Waals surface area (Å²) < 4.78 is 0. The molecule has 60 valence electrons. The van der Waals surface area contributed by atoms with Crippen LogP contribution < -0.4 is 0 Å². The van der Waals surface area contributed by atoms with Gasteiger partial charge in [-0.15, -0.1) is 5.11 Å². The maximum absolute atomic E-state index is 10.8. The molecule has 0 fully saturated rings. The monoisotopic (exact) mass is 153 g/mol. The number of nitrogens with zero attached hydrogens (tertiary/aromatic N) is 2. The van der Waals surface area contributed by atoms with Crippen molar-refractivity contribution in [3.8, 4) is 0 Å². The Morgan fingerprint density at radius 1 is 1.64 bits per heavy atom. The van der Waals surface area contributed by atoms with Gasteiger partial charge >= 0.3 is 0 Å². The van der Waals surface area contributed by atoms with Crippen molar-refractivity contribution in [1.29, 1.82) is 5.53 Å². The van der Waals surface area contributed by atoms with Crippen molar-refractivity contribution in [2.75, 3.05) is 0 Å². The molecular weight excluding hydrogens is 142 g/mol. The van der Waals surface area contributed by atoms with Gasteiger partial charge in [-0.3, -0.25) is 9.79 Å². The molecule has 4 nitrogen and oxygen atoms in total. The number of nitrogens with one attached hydrogen (secondary N) is 1. The first-order chi connectivity index (χ1) is 5.26. The molecule has 0 saturated carbocycles. The molecule has 0 rings (SSSR count). The summed E-state index contributed by atoms with van der Waals surface area (Å²) in [6, 6.07) is 0. The minimum Gasteiger partial charge on any atom is -0.269 e. The highest BCUT2D eigenvalue weighted by Crippen LogP contribution is 2.02. The van der Waals surface area contributed by atoms with Crippen molar-refractivity contribution in [2.45, 2.75) is 20.3 Å². The topological polar surface area (TPSA) is 65.6 Å². The molecule has 0 radical (unpaired) electrons. The van der Waals surface area contributed by atoms with Crippen LogP contribution in [0.5, 0.6) is 0 Å². The summed E-state index contributed by atoms with van der Waals surface area (Å²) in [5, 5.41) is 2.78. The highest BCUT2D eigenvalue weighted by Gasteiger charge is 2.03. The van der Waals surface area contributed by atoms with Crippen LogP contribution in [-0.2, 0) is 4.79 Å². The van der Waals surface area contributed by atoms with Crippen LogP contribution in [0, 0.1) is 5.53 Å². The Labute approximate surface area is 65.5 Å². The van der Waals surface area contributed by atoms with E-state index >= 15 is 0 Å². The Bertz CT molecular complexity index is 206. The summed E-state index contributed by atoms with van der Waals surface area (Å²) in [6.07, 6.45) is 3.56. The molecule has 0 aliphatic heterocycles. The zero-order valence-corrected chi connectivity index (χ0v) is 6.66. The lowest BCUT2D eigenvalue weighted by atomic mass is 10.2. The molecule has 0 aliphatic carbocycles. The number of amides is 1. The quantitative estimate of drug-likeness (QED) is 0.375. The van der Waals surface area contributed by atoms with Crippen molar-refractivity contribution >= 4 is 12.1 Å². The molecule has 0 aromatic heterocycles. The third kappa shape index (κ3) is 3.40. The molecule has 0 saturated heterocycles. The molecule has 0 bridgehead atoms. The number of carbonyl (C=O) groups is 1. The Kier molecular flexibility index (Phi) is 4.81.